The molecule has 0 radical (unpaired) electrons. The molecule has 0 spiro atoms. The van der Waals surface area contributed by atoms with E-state index in [1.54, 1.807) is 34.9 Å². The summed E-state index contributed by atoms with van der Waals surface area (Å²) < 4.78 is 0. The lowest BCUT2D eigenvalue weighted by molar-refractivity contribution is -0.141. The van der Waals surface area contributed by atoms with Crippen molar-refractivity contribution in [1.29, 1.82) is 10.8 Å². The number of aliphatic hydroxyl groups is 1. The Balaban J connectivity index is 0.883. The summed E-state index contributed by atoms with van der Waals surface area (Å²) in [6, 6.07) is 11.5. The fraction of sp³-hybridized carbons (Fsp3) is 0.452. The van der Waals surface area contributed by atoms with Gasteiger partial charge in [0.05, 0.1) is 24.7 Å². The maximum absolute atomic E-state index is 13.2. The van der Waals surface area contributed by atoms with Gasteiger partial charge in [0.2, 0.25) is 23.6 Å². The molecule has 16 heteroatoms. The third-order valence-corrected chi connectivity index (χ3v) is 12.4. The molecule has 0 saturated carbocycles. The zero-order chi connectivity index (χ0) is 41.5. The number of rotatable bonds is 16. The van der Waals surface area contributed by atoms with E-state index in [0.717, 1.165) is 76.3 Å². The summed E-state index contributed by atoms with van der Waals surface area (Å²) in [5, 5.41) is 41.4. The van der Waals surface area contributed by atoms with Crippen LogP contribution in [0.1, 0.15) is 104 Å². The van der Waals surface area contributed by atoms with Crippen LogP contribution < -0.4 is 26.2 Å². The van der Waals surface area contributed by atoms with E-state index in [2.05, 4.69) is 21.3 Å². The van der Waals surface area contributed by atoms with Gasteiger partial charge in [-0.2, -0.15) is 0 Å². The molecule has 1 aromatic heterocycles. The third kappa shape index (κ3) is 9.83. The minimum absolute atomic E-state index is 0.00620. The highest BCUT2D eigenvalue weighted by molar-refractivity contribution is 7.17. The number of carbonyl (C=O) groups excluding carboxylic acids is 4. The second-order valence-electron chi connectivity index (χ2n) is 15.0. The van der Waals surface area contributed by atoms with Crippen molar-refractivity contribution in [2.75, 3.05) is 29.9 Å². The highest BCUT2D eigenvalue weighted by Gasteiger charge is 2.40. The number of fused-ring (bicyclic) bond motifs is 2. The number of unbranched alkanes of at least 4 members (excludes halogenated alkanes) is 5. The number of hydrogen-bond donors (Lipinski definition) is 7. The van der Waals surface area contributed by atoms with Crippen LogP contribution >= 0.6 is 22.9 Å². The second-order valence-corrected chi connectivity index (χ2v) is 16.7. The fourth-order valence-corrected chi connectivity index (χ4v) is 9.05. The Kier molecular flexibility index (Phi) is 14.1. The van der Waals surface area contributed by atoms with Crippen molar-refractivity contribution in [3.05, 3.63) is 80.2 Å². The number of nitrogens with zero attached hydrogens (tertiary/aromatic N) is 3. The number of carbonyl (C=O) groups is 4. The number of aliphatic hydroxyl groups excluding tert-OH is 1. The number of piperidine rings is 1. The number of aryl methyl sites for hydroxylation is 1. The van der Waals surface area contributed by atoms with Crippen molar-refractivity contribution in [3.8, 4) is 0 Å². The average Bonchev–Trinajstić information content (AvgIpc) is 3.63. The van der Waals surface area contributed by atoms with Gasteiger partial charge in [-0.3, -0.25) is 50.1 Å². The first kappa shape index (κ1) is 42.6. The lowest BCUT2D eigenvalue weighted by atomic mass is 9.99. The van der Waals surface area contributed by atoms with Crippen LogP contribution in [0.25, 0.3) is 0 Å². The molecule has 3 atom stereocenters. The molecule has 1 saturated heterocycles. The molecule has 2 unspecified atom stereocenters. The lowest BCUT2D eigenvalue weighted by Gasteiger charge is -2.31. The molecule has 58 heavy (non-hydrogen) atoms. The molecule has 14 nitrogen and oxygen atoms in total. The molecule has 2 aromatic carbocycles. The molecule has 3 aliphatic rings. The van der Waals surface area contributed by atoms with Crippen molar-refractivity contribution in [2.45, 2.75) is 103 Å². The van der Waals surface area contributed by atoms with Crippen LogP contribution in [0.15, 0.2) is 47.5 Å². The zero-order valence-corrected chi connectivity index (χ0v) is 34.7. The number of amides is 4. The van der Waals surface area contributed by atoms with E-state index in [9.17, 15) is 24.3 Å². The number of aliphatic imine (C=N–C) groups is 1. The van der Waals surface area contributed by atoms with Crippen molar-refractivity contribution in [1.82, 2.24) is 20.9 Å². The van der Waals surface area contributed by atoms with Gasteiger partial charge in [-0.1, -0.05) is 61.5 Å². The van der Waals surface area contributed by atoms with Crippen molar-refractivity contribution >= 4 is 74.6 Å². The van der Waals surface area contributed by atoms with Crippen LogP contribution in [0.2, 0.25) is 5.02 Å². The smallest absolute Gasteiger partial charge is 0.244 e. The van der Waals surface area contributed by atoms with E-state index in [1.807, 2.05) is 38.1 Å². The number of thiophene rings is 1. The predicted octanol–water partition coefficient (Wildman–Crippen LogP) is 5.71. The van der Waals surface area contributed by atoms with Crippen molar-refractivity contribution in [3.63, 3.8) is 0 Å². The predicted molar refractivity (Wildman–Crippen MR) is 228 cm³/mol. The molecule has 308 valence electrons. The SMILES string of the molecule is CC(=N)N1C(=N)[C@H](CC(=O)NCCCCCCCCNC(=O)CNc2cccc3c2CN(C2CCC(=O)NC2=O)C3O)N=C(c2ccc(Cl)cc2)c2c1sc(C)c2C. The van der Waals surface area contributed by atoms with E-state index in [0.29, 0.717) is 42.4 Å². The maximum atomic E-state index is 13.2. The summed E-state index contributed by atoms with van der Waals surface area (Å²) >= 11 is 7.71. The summed E-state index contributed by atoms with van der Waals surface area (Å²) in [6.07, 6.45) is 5.19. The van der Waals surface area contributed by atoms with Crippen LogP contribution in [0.5, 0.6) is 0 Å². The topological polar surface area (TPSA) is 203 Å². The van der Waals surface area contributed by atoms with E-state index >= 15 is 0 Å². The fourth-order valence-electron chi connectivity index (χ4n) is 7.70. The van der Waals surface area contributed by atoms with Gasteiger partial charge in [-0.15, -0.1) is 11.3 Å². The van der Waals surface area contributed by atoms with Crippen LogP contribution in [-0.2, 0) is 25.7 Å². The molecule has 4 amide bonds. The molecule has 6 rings (SSSR count). The van der Waals surface area contributed by atoms with Gasteiger partial charge in [0.15, 0.2) is 0 Å². The second kappa shape index (κ2) is 19.2. The highest BCUT2D eigenvalue weighted by Crippen LogP contribution is 2.41. The molecular weight excluding hydrogens is 778 g/mol. The Morgan fingerprint density at radius 2 is 1.67 bits per heavy atom. The van der Waals surface area contributed by atoms with Gasteiger partial charge < -0.3 is 21.1 Å². The molecule has 0 aliphatic carbocycles. The third-order valence-electron chi connectivity index (χ3n) is 10.9. The largest absolute Gasteiger partial charge is 0.376 e. The summed E-state index contributed by atoms with van der Waals surface area (Å²) in [7, 11) is 0. The molecule has 3 aliphatic heterocycles. The van der Waals surface area contributed by atoms with Crippen LogP contribution in [0.3, 0.4) is 0 Å². The summed E-state index contributed by atoms with van der Waals surface area (Å²) in [5.41, 5.74) is 5.68. The quantitative estimate of drug-likeness (QED) is 0.0412. The first-order valence-electron chi connectivity index (χ1n) is 19.9. The molecule has 1 fully saturated rings. The molecule has 4 heterocycles. The van der Waals surface area contributed by atoms with Crippen molar-refractivity contribution < 1.29 is 24.3 Å². The van der Waals surface area contributed by atoms with E-state index in [-0.39, 0.29) is 48.8 Å². The van der Waals surface area contributed by atoms with Gasteiger partial charge in [-0.25, -0.2) is 0 Å². The monoisotopic (exact) mass is 829 g/mol. The number of hydrogen-bond acceptors (Lipinski definition) is 11. The lowest BCUT2D eigenvalue weighted by Crippen LogP contribution is -2.51. The van der Waals surface area contributed by atoms with Gasteiger partial charge in [0, 0.05) is 58.3 Å². The number of nitrogens with one attached hydrogen (secondary N) is 6. The Morgan fingerprint density at radius 3 is 2.34 bits per heavy atom. The van der Waals surface area contributed by atoms with Gasteiger partial charge in [0.1, 0.15) is 28.9 Å². The summed E-state index contributed by atoms with van der Waals surface area (Å²) in [5.74, 6) is -0.739. The van der Waals surface area contributed by atoms with E-state index in [4.69, 9.17) is 27.4 Å². The zero-order valence-electron chi connectivity index (χ0n) is 33.2. The Labute approximate surface area is 347 Å². The van der Waals surface area contributed by atoms with Gasteiger partial charge in [-0.05, 0) is 69.4 Å². The minimum Gasteiger partial charge on any atom is -0.376 e. The first-order chi connectivity index (χ1) is 27.8. The highest BCUT2D eigenvalue weighted by atomic mass is 35.5. The van der Waals surface area contributed by atoms with Crippen LogP contribution in [0, 0.1) is 24.7 Å². The van der Waals surface area contributed by atoms with Crippen molar-refractivity contribution in [2.24, 2.45) is 4.99 Å². The minimum atomic E-state index is -0.971. The first-order valence-corrected chi connectivity index (χ1v) is 21.1. The van der Waals surface area contributed by atoms with Gasteiger partial charge >= 0.3 is 0 Å². The average molecular weight is 830 g/mol. The molecule has 0 bridgehead atoms. The Morgan fingerprint density at radius 1 is 1.00 bits per heavy atom. The molecular formula is C42H52ClN9O5S. The Bertz CT molecular complexity index is 2100. The van der Waals surface area contributed by atoms with E-state index < -0.39 is 24.2 Å². The van der Waals surface area contributed by atoms with E-state index in [1.165, 1.54) is 11.3 Å². The number of amidine groups is 2. The number of anilines is 2. The summed E-state index contributed by atoms with van der Waals surface area (Å²) in [4.78, 5) is 59.2. The number of imide groups is 1. The van der Waals surface area contributed by atoms with Crippen LogP contribution in [0.4, 0.5) is 10.7 Å². The number of halogens is 1. The Hall–Kier alpha value is -4.96. The standard InChI is InChI=1S/C42H52ClN9O5S/c1-24-25(2)58-42-37(24)38(27-13-15-28(43)16-14-27)49-32(39(45)52(42)26(3)44)21-35(54)46-19-8-6-4-5-7-9-20-47-36(55)22-48-31-12-10-11-29-30(31)23-51(41(29)57)33-17-18-34(53)50-40(33)56/h10-16,32-33,41,44-45,48,57H,4-9,17-23H2,1-3H3,(H,46,54)(H,47,55)(H,50,53,56)/t32-,33?,41?/m0/s1. The summed E-state index contributed by atoms with van der Waals surface area (Å²) in [6.45, 7) is 7.18. The maximum Gasteiger partial charge on any atom is 0.244 e. The molecule has 7 N–H and O–H groups in total. The normalized spacial score (nSPS) is 19.2. The van der Waals surface area contributed by atoms with Crippen LogP contribution in [-0.4, -0.2) is 82.7 Å². The molecule has 3 aromatic rings. The number of benzene rings is 2. The van der Waals surface area contributed by atoms with Gasteiger partial charge in [0.25, 0.3) is 0 Å².